The number of amides is 1. The highest BCUT2D eigenvalue weighted by Gasteiger charge is 2.40. The lowest BCUT2D eigenvalue weighted by molar-refractivity contribution is -0.125. The van der Waals surface area contributed by atoms with Crippen molar-refractivity contribution in [3.8, 4) is 0 Å². The zero-order chi connectivity index (χ0) is 23.5. The third-order valence-electron chi connectivity index (χ3n) is 7.99. The van der Waals surface area contributed by atoms with E-state index in [1.807, 2.05) is 19.3 Å². The number of imidazole rings is 1. The smallest absolute Gasteiger partial charge is 0.237 e. The van der Waals surface area contributed by atoms with Crippen molar-refractivity contribution in [3.05, 3.63) is 18.2 Å². The first-order valence-corrected chi connectivity index (χ1v) is 13.4. The first-order chi connectivity index (χ1) is 15.8. The number of nitrogens with zero attached hydrogens (tertiary/aromatic N) is 2. The van der Waals surface area contributed by atoms with Crippen molar-refractivity contribution in [2.24, 2.45) is 17.8 Å². The predicted molar refractivity (Wildman–Crippen MR) is 130 cm³/mol. The minimum Gasteiger partial charge on any atom is -0.354 e. The van der Waals surface area contributed by atoms with Crippen LogP contribution >= 0.6 is 23.2 Å². The first-order valence-electron chi connectivity index (χ1n) is 12.5. The van der Waals surface area contributed by atoms with Gasteiger partial charge in [0.25, 0.3) is 0 Å². The lowest BCUT2D eigenvalue weighted by Gasteiger charge is -2.44. The van der Waals surface area contributed by atoms with E-state index < -0.39 is 6.30 Å². The van der Waals surface area contributed by atoms with E-state index in [4.69, 9.17) is 23.2 Å². The molecular weight excluding hydrogens is 464 g/mol. The largest absolute Gasteiger partial charge is 0.354 e. The van der Waals surface area contributed by atoms with Crippen LogP contribution in [0.3, 0.4) is 0 Å². The minimum atomic E-state index is -0.933. The van der Waals surface area contributed by atoms with E-state index >= 15 is 0 Å². The van der Waals surface area contributed by atoms with Crippen LogP contribution < -0.4 is 16.0 Å². The lowest BCUT2D eigenvalue weighted by Crippen LogP contribution is -2.60. The summed E-state index contributed by atoms with van der Waals surface area (Å²) < 4.78 is 16.0. The second kappa shape index (κ2) is 11.2. The zero-order valence-corrected chi connectivity index (χ0v) is 21.2. The average Bonchev–Trinajstić information content (AvgIpc) is 3.18. The monoisotopic (exact) mass is 501 g/mol. The number of carbonyl (C=O) groups excluding carboxylic acids is 1. The van der Waals surface area contributed by atoms with Gasteiger partial charge in [0.15, 0.2) is 6.30 Å². The molecule has 3 heterocycles. The molecule has 2 aliphatic heterocycles. The van der Waals surface area contributed by atoms with Gasteiger partial charge in [-0.1, -0.05) is 0 Å². The first kappa shape index (κ1) is 25.2. The van der Waals surface area contributed by atoms with Crippen LogP contribution in [0.1, 0.15) is 57.7 Å². The molecule has 9 atom stereocenters. The molecule has 186 valence electrons. The van der Waals surface area contributed by atoms with Crippen molar-refractivity contribution < 1.29 is 9.18 Å². The van der Waals surface area contributed by atoms with Crippen molar-refractivity contribution in [2.75, 3.05) is 6.54 Å². The minimum absolute atomic E-state index is 0.0260. The van der Waals surface area contributed by atoms with Crippen LogP contribution in [0.2, 0.25) is 0 Å². The number of aromatic nitrogens is 2. The molecule has 1 amide bonds. The van der Waals surface area contributed by atoms with Gasteiger partial charge in [0.2, 0.25) is 5.91 Å². The number of alkyl halides is 3. The fraction of sp³-hybridized carbons (Fsp3) is 0.833. The van der Waals surface area contributed by atoms with Crippen molar-refractivity contribution in [1.82, 2.24) is 25.5 Å². The molecule has 0 bridgehead atoms. The number of hydrogen-bond acceptors (Lipinski definition) is 4. The van der Waals surface area contributed by atoms with Gasteiger partial charge in [-0.25, -0.2) is 9.37 Å². The third-order valence-corrected chi connectivity index (χ3v) is 9.12. The Labute approximate surface area is 206 Å². The Balaban J connectivity index is 1.40. The Hall–Kier alpha value is -0.890. The number of hydrogen-bond donors (Lipinski definition) is 3. The highest BCUT2D eigenvalue weighted by Crippen LogP contribution is 2.33. The normalized spacial score (nSPS) is 39.8. The van der Waals surface area contributed by atoms with Crippen LogP contribution in [0.25, 0.3) is 0 Å². The maximum absolute atomic E-state index is 13.9. The number of carbonyl (C=O) groups is 1. The Morgan fingerprint density at radius 2 is 1.97 bits per heavy atom. The molecule has 2 saturated heterocycles. The molecule has 6 nitrogen and oxygen atoms in total. The molecule has 1 aliphatic carbocycles. The molecular formula is C24H38Cl2FN5O. The van der Waals surface area contributed by atoms with Gasteiger partial charge in [-0.3, -0.25) is 10.1 Å². The quantitative estimate of drug-likeness (QED) is 0.410. The van der Waals surface area contributed by atoms with Gasteiger partial charge in [0.1, 0.15) is 5.82 Å². The maximum Gasteiger partial charge on any atom is 0.237 e. The summed E-state index contributed by atoms with van der Waals surface area (Å²) in [7, 11) is 0. The number of nitrogens with one attached hydrogen (secondary N) is 3. The molecule has 9 unspecified atom stereocenters. The van der Waals surface area contributed by atoms with E-state index in [0.29, 0.717) is 30.7 Å². The van der Waals surface area contributed by atoms with E-state index in [0.717, 1.165) is 50.9 Å². The standard InChI is InChI=1S/C24H38Cl2FN5O/c1-14-18(4-6-23(27)30-14)21-10-17(13-32-8-7-28-15(32)2)11-22(31-21)24(33)29-12-16-3-5-19(25)20(26)9-16/h7-8,14,16-23,30-31H,3-6,9-13H2,1-2H3,(H,29,33). The molecule has 1 saturated carbocycles. The van der Waals surface area contributed by atoms with Crippen LogP contribution in [0.15, 0.2) is 12.4 Å². The fourth-order valence-corrected chi connectivity index (χ4v) is 6.64. The molecule has 0 spiro atoms. The molecule has 3 fully saturated rings. The van der Waals surface area contributed by atoms with Gasteiger partial charge in [0, 0.05) is 42.9 Å². The summed E-state index contributed by atoms with van der Waals surface area (Å²) in [4.78, 5) is 17.6. The molecule has 1 aromatic heterocycles. The summed E-state index contributed by atoms with van der Waals surface area (Å²) >= 11 is 12.6. The molecule has 9 heteroatoms. The van der Waals surface area contributed by atoms with E-state index in [1.54, 1.807) is 0 Å². The number of piperidine rings is 2. The second-order valence-electron chi connectivity index (χ2n) is 10.4. The molecule has 1 aromatic rings. The van der Waals surface area contributed by atoms with E-state index in [-0.39, 0.29) is 34.8 Å². The highest BCUT2D eigenvalue weighted by molar-refractivity contribution is 6.30. The predicted octanol–water partition coefficient (Wildman–Crippen LogP) is 3.74. The van der Waals surface area contributed by atoms with Crippen LogP contribution in [0.5, 0.6) is 0 Å². The van der Waals surface area contributed by atoms with E-state index in [2.05, 4.69) is 32.4 Å². The molecule has 33 heavy (non-hydrogen) atoms. The second-order valence-corrected chi connectivity index (χ2v) is 11.5. The molecule has 0 radical (unpaired) electrons. The van der Waals surface area contributed by atoms with E-state index in [9.17, 15) is 9.18 Å². The van der Waals surface area contributed by atoms with Crippen molar-refractivity contribution in [1.29, 1.82) is 0 Å². The Bertz CT molecular complexity index is 795. The molecule has 4 rings (SSSR count). The van der Waals surface area contributed by atoms with E-state index in [1.165, 1.54) is 0 Å². The number of halogens is 3. The van der Waals surface area contributed by atoms with Gasteiger partial charge in [-0.2, -0.15) is 0 Å². The summed E-state index contributed by atoms with van der Waals surface area (Å²) in [5.74, 6) is 2.08. The van der Waals surface area contributed by atoms with Gasteiger partial charge in [0.05, 0.1) is 11.4 Å². The maximum atomic E-state index is 13.9. The number of aryl methyl sites for hydroxylation is 1. The summed E-state index contributed by atoms with van der Waals surface area (Å²) in [6.45, 7) is 5.57. The van der Waals surface area contributed by atoms with Gasteiger partial charge in [-0.05, 0) is 76.5 Å². The number of rotatable bonds is 6. The highest BCUT2D eigenvalue weighted by atomic mass is 35.5. The summed E-state index contributed by atoms with van der Waals surface area (Å²) in [6, 6.07) is 0.0105. The zero-order valence-electron chi connectivity index (χ0n) is 19.7. The Morgan fingerprint density at radius 1 is 1.15 bits per heavy atom. The van der Waals surface area contributed by atoms with Gasteiger partial charge >= 0.3 is 0 Å². The van der Waals surface area contributed by atoms with Crippen LogP contribution in [-0.4, -0.2) is 57.2 Å². The van der Waals surface area contributed by atoms with Crippen LogP contribution in [0, 0.1) is 24.7 Å². The van der Waals surface area contributed by atoms with Crippen LogP contribution in [0.4, 0.5) is 4.39 Å². The van der Waals surface area contributed by atoms with Crippen molar-refractivity contribution in [2.45, 2.75) is 101 Å². The summed E-state index contributed by atoms with van der Waals surface area (Å²) in [5.41, 5.74) is 0. The van der Waals surface area contributed by atoms with Crippen molar-refractivity contribution in [3.63, 3.8) is 0 Å². The Morgan fingerprint density at radius 3 is 2.67 bits per heavy atom. The summed E-state index contributed by atoms with van der Waals surface area (Å²) in [5, 5.41) is 9.92. The fourth-order valence-electron chi connectivity index (χ4n) is 6.03. The molecule has 0 aromatic carbocycles. The topological polar surface area (TPSA) is 71.0 Å². The lowest BCUT2D eigenvalue weighted by atomic mass is 9.76. The Kier molecular flexibility index (Phi) is 8.58. The molecule has 3 N–H and O–H groups in total. The van der Waals surface area contributed by atoms with Gasteiger partial charge < -0.3 is 15.2 Å². The van der Waals surface area contributed by atoms with Crippen molar-refractivity contribution >= 4 is 29.1 Å². The van der Waals surface area contributed by atoms with Gasteiger partial charge in [-0.15, -0.1) is 23.2 Å². The molecule has 3 aliphatic rings. The average molecular weight is 503 g/mol. The van der Waals surface area contributed by atoms with Crippen LogP contribution in [-0.2, 0) is 11.3 Å². The third kappa shape index (κ3) is 6.41. The summed E-state index contributed by atoms with van der Waals surface area (Å²) in [6.07, 6.45) is 8.75. The SMILES string of the molecule is Cc1nccn1CC1CC(C(=O)NCC2CCC(Cl)C(Cl)C2)NC(C2CCC(F)NC2C)C1.